The first-order chi connectivity index (χ1) is 13.4. The maximum absolute atomic E-state index is 13.0. The van der Waals surface area contributed by atoms with E-state index in [2.05, 4.69) is 34.2 Å². The van der Waals surface area contributed by atoms with Gasteiger partial charge in [0.2, 0.25) is 0 Å². The van der Waals surface area contributed by atoms with Crippen LogP contribution < -0.4 is 0 Å². The van der Waals surface area contributed by atoms with Crippen LogP contribution in [0.4, 0.5) is 0 Å². The minimum atomic E-state index is -0.119. The molecule has 0 fully saturated rings. The summed E-state index contributed by atoms with van der Waals surface area (Å²) in [6.07, 6.45) is 5.24. The van der Waals surface area contributed by atoms with Crippen LogP contribution in [0.25, 0.3) is 16.9 Å². The summed E-state index contributed by atoms with van der Waals surface area (Å²) in [5, 5.41) is 8.78. The van der Waals surface area contributed by atoms with E-state index in [0.29, 0.717) is 17.8 Å². The van der Waals surface area contributed by atoms with Gasteiger partial charge < -0.3 is 4.90 Å². The van der Waals surface area contributed by atoms with Crippen LogP contribution in [0, 0.1) is 13.8 Å². The van der Waals surface area contributed by atoms with Gasteiger partial charge in [0.15, 0.2) is 5.65 Å². The standard InChI is InChI=1S/C21H22N6O/c1-14-5-7-16(8-6-14)19-9-10-22-20-18(11-23-27(19)20)21(28)25(3)12-17-13-26(4)24-15(17)2/h5-11,13H,12H2,1-4H3. The van der Waals surface area contributed by atoms with E-state index in [1.807, 2.05) is 38.4 Å². The molecule has 0 bridgehead atoms. The van der Waals surface area contributed by atoms with E-state index in [0.717, 1.165) is 22.5 Å². The Hall–Kier alpha value is -3.48. The molecule has 0 unspecified atom stereocenters. The summed E-state index contributed by atoms with van der Waals surface area (Å²) in [4.78, 5) is 19.1. The first kappa shape index (κ1) is 17.9. The fourth-order valence-corrected chi connectivity index (χ4v) is 3.32. The molecule has 28 heavy (non-hydrogen) atoms. The molecule has 7 nitrogen and oxygen atoms in total. The Morgan fingerprint density at radius 2 is 1.89 bits per heavy atom. The number of benzene rings is 1. The molecule has 3 aromatic heterocycles. The first-order valence-electron chi connectivity index (χ1n) is 9.08. The zero-order chi connectivity index (χ0) is 19.8. The smallest absolute Gasteiger partial charge is 0.259 e. The van der Waals surface area contributed by atoms with Crippen molar-refractivity contribution in [2.45, 2.75) is 20.4 Å². The van der Waals surface area contributed by atoms with Crippen LogP contribution >= 0.6 is 0 Å². The topological polar surface area (TPSA) is 68.3 Å². The molecule has 0 aliphatic carbocycles. The Balaban J connectivity index is 1.67. The van der Waals surface area contributed by atoms with Gasteiger partial charge in [0.25, 0.3) is 5.91 Å². The number of carbonyl (C=O) groups excluding carboxylic acids is 1. The fourth-order valence-electron chi connectivity index (χ4n) is 3.32. The van der Waals surface area contributed by atoms with E-state index < -0.39 is 0 Å². The van der Waals surface area contributed by atoms with Crippen LogP contribution in [0.2, 0.25) is 0 Å². The third-order valence-corrected chi connectivity index (χ3v) is 4.85. The summed E-state index contributed by atoms with van der Waals surface area (Å²) < 4.78 is 3.48. The normalized spacial score (nSPS) is 11.1. The third-order valence-electron chi connectivity index (χ3n) is 4.85. The molecule has 0 saturated carbocycles. The summed E-state index contributed by atoms with van der Waals surface area (Å²) in [5.41, 5.74) is 6.09. The second-order valence-corrected chi connectivity index (χ2v) is 7.06. The summed E-state index contributed by atoms with van der Waals surface area (Å²) in [6, 6.07) is 10.1. The van der Waals surface area contributed by atoms with Crippen LogP contribution in [0.1, 0.15) is 27.2 Å². The Morgan fingerprint density at radius 1 is 1.14 bits per heavy atom. The van der Waals surface area contributed by atoms with Gasteiger partial charge in [-0.15, -0.1) is 0 Å². The number of aromatic nitrogens is 5. The van der Waals surface area contributed by atoms with E-state index in [1.165, 1.54) is 5.56 Å². The lowest BCUT2D eigenvalue weighted by Crippen LogP contribution is -2.26. The molecule has 4 aromatic rings. The molecule has 3 heterocycles. The minimum Gasteiger partial charge on any atom is -0.337 e. The van der Waals surface area contributed by atoms with Crippen molar-refractivity contribution >= 4 is 11.6 Å². The number of carbonyl (C=O) groups is 1. The molecule has 0 radical (unpaired) electrons. The number of hydrogen-bond acceptors (Lipinski definition) is 4. The molecule has 4 rings (SSSR count). The van der Waals surface area contributed by atoms with Crippen LogP contribution in [-0.2, 0) is 13.6 Å². The van der Waals surface area contributed by atoms with Gasteiger partial charge in [-0.3, -0.25) is 9.48 Å². The Bertz CT molecular complexity index is 1160. The van der Waals surface area contributed by atoms with Crippen LogP contribution in [0.3, 0.4) is 0 Å². The second kappa shape index (κ2) is 6.92. The highest BCUT2D eigenvalue weighted by Crippen LogP contribution is 2.22. The number of nitrogens with zero attached hydrogens (tertiary/aromatic N) is 6. The summed E-state index contributed by atoms with van der Waals surface area (Å²) in [6.45, 7) is 4.47. The van der Waals surface area contributed by atoms with E-state index in [4.69, 9.17) is 0 Å². The van der Waals surface area contributed by atoms with Gasteiger partial charge in [0.1, 0.15) is 5.56 Å². The van der Waals surface area contributed by atoms with Gasteiger partial charge in [-0.25, -0.2) is 9.50 Å². The number of rotatable bonds is 4. The van der Waals surface area contributed by atoms with Crippen LogP contribution in [0.15, 0.2) is 48.9 Å². The van der Waals surface area contributed by atoms with E-state index in [1.54, 1.807) is 33.5 Å². The van der Waals surface area contributed by atoms with Crippen molar-refractivity contribution in [2.24, 2.45) is 7.05 Å². The largest absolute Gasteiger partial charge is 0.337 e. The Morgan fingerprint density at radius 3 is 2.57 bits per heavy atom. The van der Waals surface area contributed by atoms with Crippen molar-refractivity contribution in [1.29, 1.82) is 0 Å². The highest BCUT2D eigenvalue weighted by molar-refractivity contribution is 5.99. The molecule has 1 aromatic carbocycles. The molecule has 0 spiro atoms. The lowest BCUT2D eigenvalue weighted by Gasteiger charge is -2.16. The van der Waals surface area contributed by atoms with Gasteiger partial charge in [-0.05, 0) is 19.9 Å². The zero-order valence-corrected chi connectivity index (χ0v) is 16.4. The van der Waals surface area contributed by atoms with Gasteiger partial charge >= 0.3 is 0 Å². The quantitative estimate of drug-likeness (QED) is 0.551. The van der Waals surface area contributed by atoms with Crippen molar-refractivity contribution in [1.82, 2.24) is 29.3 Å². The highest BCUT2D eigenvalue weighted by Gasteiger charge is 2.20. The van der Waals surface area contributed by atoms with Gasteiger partial charge in [-0.1, -0.05) is 29.8 Å². The number of hydrogen-bond donors (Lipinski definition) is 0. The molecule has 0 aliphatic heterocycles. The first-order valence-corrected chi connectivity index (χ1v) is 9.08. The van der Waals surface area contributed by atoms with Crippen molar-refractivity contribution in [2.75, 3.05) is 7.05 Å². The SMILES string of the molecule is Cc1ccc(-c2ccnc3c(C(=O)N(C)Cc4cn(C)nc4C)cnn23)cc1. The maximum Gasteiger partial charge on any atom is 0.259 e. The monoisotopic (exact) mass is 374 g/mol. The molecular weight excluding hydrogens is 352 g/mol. The highest BCUT2D eigenvalue weighted by atomic mass is 16.2. The van der Waals surface area contributed by atoms with E-state index in [9.17, 15) is 4.79 Å². The number of fused-ring (bicyclic) bond motifs is 1. The van der Waals surface area contributed by atoms with E-state index in [-0.39, 0.29) is 5.91 Å². The number of aryl methyl sites for hydroxylation is 3. The van der Waals surface area contributed by atoms with Gasteiger partial charge in [0.05, 0.1) is 17.6 Å². The van der Waals surface area contributed by atoms with Gasteiger partial charge in [0, 0.05) is 44.2 Å². The lowest BCUT2D eigenvalue weighted by atomic mass is 10.1. The zero-order valence-electron chi connectivity index (χ0n) is 16.4. The third kappa shape index (κ3) is 3.15. The van der Waals surface area contributed by atoms with E-state index >= 15 is 0 Å². The molecule has 142 valence electrons. The predicted molar refractivity (Wildman–Crippen MR) is 107 cm³/mol. The Kier molecular flexibility index (Phi) is 4.43. The predicted octanol–water partition coefficient (Wildman–Crippen LogP) is 3.02. The molecule has 0 aliphatic rings. The summed E-state index contributed by atoms with van der Waals surface area (Å²) >= 11 is 0. The molecular formula is C21H22N6O. The molecule has 0 atom stereocenters. The van der Waals surface area contributed by atoms with Crippen molar-refractivity contribution in [3.05, 3.63) is 71.3 Å². The van der Waals surface area contributed by atoms with Crippen LogP contribution in [0.5, 0.6) is 0 Å². The molecule has 0 saturated heterocycles. The molecule has 1 amide bonds. The fraction of sp³-hybridized carbons (Fsp3) is 0.238. The number of amides is 1. The van der Waals surface area contributed by atoms with Crippen molar-refractivity contribution < 1.29 is 4.79 Å². The maximum atomic E-state index is 13.0. The summed E-state index contributed by atoms with van der Waals surface area (Å²) in [7, 11) is 3.65. The average Bonchev–Trinajstić information content (AvgIpc) is 3.24. The lowest BCUT2D eigenvalue weighted by molar-refractivity contribution is 0.0786. The second-order valence-electron chi connectivity index (χ2n) is 7.06. The van der Waals surface area contributed by atoms with Gasteiger partial charge in [-0.2, -0.15) is 10.2 Å². The summed E-state index contributed by atoms with van der Waals surface area (Å²) in [5.74, 6) is -0.119. The molecule has 0 N–H and O–H groups in total. The van der Waals surface area contributed by atoms with Crippen molar-refractivity contribution in [3.8, 4) is 11.3 Å². The minimum absolute atomic E-state index is 0.119. The Labute approximate surface area is 163 Å². The van der Waals surface area contributed by atoms with Crippen LogP contribution in [-0.4, -0.2) is 42.2 Å². The average molecular weight is 374 g/mol. The van der Waals surface area contributed by atoms with Crippen molar-refractivity contribution in [3.63, 3.8) is 0 Å². The molecule has 7 heteroatoms.